The molecule has 0 radical (unpaired) electrons. The van der Waals surface area contributed by atoms with E-state index in [0.717, 1.165) is 31.2 Å². The van der Waals surface area contributed by atoms with Gasteiger partial charge in [0.15, 0.2) is 0 Å². The minimum Gasteiger partial charge on any atom is -0.480 e. The first-order valence-corrected chi connectivity index (χ1v) is 7.59. The molecule has 0 aliphatic carbocycles. The zero-order chi connectivity index (χ0) is 15.8. The summed E-state index contributed by atoms with van der Waals surface area (Å²) in [5.74, 6) is -1.17. The number of rotatable bonds is 8. The number of nitrogens with zero attached hydrogens (tertiary/aromatic N) is 1. The van der Waals surface area contributed by atoms with Crippen LogP contribution in [0, 0.1) is 12.8 Å². The Morgan fingerprint density at radius 1 is 1.10 bits per heavy atom. The second kappa shape index (κ2) is 8.45. The Kier molecular flexibility index (Phi) is 6.92. The summed E-state index contributed by atoms with van der Waals surface area (Å²) >= 11 is 0. The maximum atomic E-state index is 12.7. The number of carboxylic acids is 1. The van der Waals surface area contributed by atoms with Crippen LogP contribution in [0.2, 0.25) is 0 Å². The molecule has 1 amide bonds. The van der Waals surface area contributed by atoms with Crippen LogP contribution < -0.4 is 4.90 Å². The summed E-state index contributed by atoms with van der Waals surface area (Å²) in [5.41, 5.74) is 1.74. The Morgan fingerprint density at radius 3 is 2.05 bits per heavy atom. The van der Waals surface area contributed by atoms with Crippen molar-refractivity contribution < 1.29 is 14.7 Å². The van der Waals surface area contributed by atoms with Crippen LogP contribution in [0.1, 0.15) is 45.1 Å². The molecule has 0 saturated heterocycles. The number of hydrogen-bond acceptors (Lipinski definition) is 2. The SMILES string of the molecule is CCCC(CCC)C(=O)N(CC(=O)O)c1ccc(C)cc1. The molecule has 0 bridgehead atoms. The second-order valence-electron chi connectivity index (χ2n) is 5.43. The van der Waals surface area contributed by atoms with Gasteiger partial charge in [-0.15, -0.1) is 0 Å². The molecule has 0 saturated carbocycles. The molecule has 0 aliphatic rings. The van der Waals surface area contributed by atoms with Gasteiger partial charge in [0.1, 0.15) is 6.54 Å². The quantitative estimate of drug-likeness (QED) is 0.795. The van der Waals surface area contributed by atoms with Gasteiger partial charge < -0.3 is 10.0 Å². The molecule has 0 heterocycles. The molecule has 4 nitrogen and oxygen atoms in total. The molecular formula is C17H25NO3. The van der Waals surface area contributed by atoms with Gasteiger partial charge in [0.25, 0.3) is 0 Å². The third-order valence-electron chi connectivity index (χ3n) is 3.53. The standard InChI is InChI=1S/C17H25NO3/c1-4-6-14(7-5-2)17(21)18(12-16(19)20)15-10-8-13(3)9-11-15/h8-11,14H,4-7,12H2,1-3H3,(H,19,20). The molecule has 4 heteroatoms. The predicted molar refractivity (Wildman–Crippen MR) is 84.5 cm³/mol. The van der Waals surface area contributed by atoms with Crippen LogP contribution in [0.25, 0.3) is 0 Å². The minimum absolute atomic E-state index is 0.0787. The van der Waals surface area contributed by atoms with Gasteiger partial charge in [0, 0.05) is 11.6 Å². The number of benzene rings is 1. The highest BCUT2D eigenvalue weighted by Gasteiger charge is 2.25. The van der Waals surface area contributed by atoms with E-state index in [2.05, 4.69) is 0 Å². The van der Waals surface area contributed by atoms with Gasteiger partial charge in [0.2, 0.25) is 5.91 Å². The van der Waals surface area contributed by atoms with Crippen molar-refractivity contribution in [2.24, 2.45) is 5.92 Å². The zero-order valence-corrected chi connectivity index (χ0v) is 13.1. The summed E-state index contributed by atoms with van der Waals surface area (Å²) < 4.78 is 0. The fraction of sp³-hybridized carbons (Fsp3) is 0.529. The molecule has 0 aromatic heterocycles. The first kappa shape index (κ1) is 17.2. The van der Waals surface area contributed by atoms with Crippen molar-refractivity contribution in [2.45, 2.75) is 46.5 Å². The molecule has 0 spiro atoms. The predicted octanol–water partition coefficient (Wildman–Crippen LogP) is 3.63. The van der Waals surface area contributed by atoms with E-state index in [-0.39, 0.29) is 18.4 Å². The lowest BCUT2D eigenvalue weighted by atomic mass is 9.96. The van der Waals surface area contributed by atoms with E-state index < -0.39 is 5.97 Å². The summed E-state index contributed by atoms with van der Waals surface area (Å²) in [4.78, 5) is 25.2. The zero-order valence-electron chi connectivity index (χ0n) is 13.1. The second-order valence-corrected chi connectivity index (χ2v) is 5.43. The monoisotopic (exact) mass is 291 g/mol. The lowest BCUT2D eigenvalue weighted by Crippen LogP contribution is -2.40. The van der Waals surface area contributed by atoms with Crippen LogP contribution in [0.15, 0.2) is 24.3 Å². The topological polar surface area (TPSA) is 57.6 Å². The van der Waals surface area contributed by atoms with Crippen LogP contribution in [0.5, 0.6) is 0 Å². The molecule has 1 aromatic carbocycles. The molecular weight excluding hydrogens is 266 g/mol. The van der Waals surface area contributed by atoms with Crippen LogP contribution in [0.3, 0.4) is 0 Å². The van der Waals surface area contributed by atoms with Crippen molar-refractivity contribution in [1.29, 1.82) is 0 Å². The highest BCUT2D eigenvalue weighted by Crippen LogP contribution is 2.22. The minimum atomic E-state index is -0.990. The number of hydrogen-bond donors (Lipinski definition) is 1. The fourth-order valence-electron chi connectivity index (χ4n) is 2.47. The van der Waals surface area contributed by atoms with Crippen molar-refractivity contribution in [3.63, 3.8) is 0 Å². The molecule has 0 fully saturated rings. The Hall–Kier alpha value is -1.84. The Balaban J connectivity index is 3.02. The number of carbonyl (C=O) groups is 2. The molecule has 21 heavy (non-hydrogen) atoms. The number of amides is 1. The number of aliphatic carboxylic acids is 1. The molecule has 1 aromatic rings. The average molecular weight is 291 g/mol. The van der Waals surface area contributed by atoms with E-state index in [1.54, 1.807) is 0 Å². The van der Waals surface area contributed by atoms with E-state index in [0.29, 0.717) is 5.69 Å². The van der Waals surface area contributed by atoms with Gasteiger partial charge in [-0.25, -0.2) is 0 Å². The normalized spacial score (nSPS) is 10.7. The summed E-state index contributed by atoms with van der Waals surface area (Å²) in [7, 11) is 0. The van der Waals surface area contributed by atoms with Crippen LogP contribution in [-0.2, 0) is 9.59 Å². The summed E-state index contributed by atoms with van der Waals surface area (Å²) in [6, 6.07) is 7.41. The number of anilines is 1. The van der Waals surface area contributed by atoms with E-state index in [1.807, 2.05) is 45.0 Å². The molecule has 0 atom stereocenters. The van der Waals surface area contributed by atoms with Crippen molar-refractivity contribution in [2.75, 3.05) is 11.4 Å². The van der Waals surface area contributed by atoms with Crippen molar-refractivity contribution in [1.82, 2.24) is 0 Å². The Labute approximate surface area is 126 Å². The fourth-order valence-corrected chi connectivity index (χ4v) is 2.47. The number of carboxylic acid groups (broad SMARTS) is 1. The first-order valence-electron chi connectivity index (χ1n) is 7.59. The highest BCUT2D eigenvalue weighted by molar-refractivity contribution is 5.98. The molecule has 1 N–H and O–H groups in total. The molecule has 116 valence electrons. The number of carbonyl (C=O) groups excluding carboxylic acids is 1. The Morgan fingerprint density at radius 2 is 1.62 bits per heavy atom. The van der Waals surface area contributed by atoms with Crippen molar-refractivity contribution in [3.05, 3.63) is 29.8 Å². The smallest absolute Gasteiger partial charge is 0.323 e. The van der Waals surface area contributed by atoms with E-state index >= 15 is 0 Å². The van der Waals surface area contributed by atoms with Gasteiger partial charge in [-0.2, -0.15) is 0 Å². The van der Waals surface area contributed by atoms with E-state index in [1.165, 1.54) is 4.90 Å². The van der Waals surface area contributed by atoms with Gasteiger partial charge in [-0.05, 0) is 31.9 Å². The maximum Gasteiger partial charge on any atom is 0.323 e. The largest absolute Gasteiger partial charge is 0.480 e. The lowest BCUT2D eigenvalue weighted by Gasteiger charge is -2.26. The van der Waals surface area contributed by atoms with E-state index in [9.17, 15) is 9.59 Å². The maximum absolute atomic E-state index is 12.7. The van der Waals surface area contributed by atoms with Crippen LogP contribution in [0.4, 0.5) is 5.69 Å². The van der Waals surface area contributed by atoms with Crippen molar-refractivity contribution in [3.8, 4) is 0 Å². The molecule has 0 aliphatic heterocycles. The first-order chi connectivity index (χ1) is 9.99. The Bertz CT molecular complexity index is 461. The molecule has 1 rings (SSSR count). The summed E-state index contributed by atoms with van der Waals surface area (Å²) in [6.07, 6.45) is 3.44. The summed E-state index contributed by atoms with van der Waals surface area (Å²) in [5, 5.41) is 9.10. The van der Waals surface area contributed by atoms with Crippen molar-refractivity contribution >= 4 is 17.6 Å². The van der Waals surface area contributed by atoms with Gasteiger partial charge >= 0.3 is 5.97 Å². The number of aryl methyl sites for hydroxylation is 1. The highest BCUT2D eigenvalue weighted by atomic mass is 16.4. The van der Waals surface area contributed by atoms with Crippen LogP contribution in [-0.4, -0.2) is 23.5 Å². The third kappa shape index (κ3) is 5.21. The van der Waals surface area contributed by atoms with E-state index in [4.69, 9.17) is 5.11 Å². The van der Waals surface area contributed by atoms with Gasteiger partial charge in [-0.3, -0.25) is 9.59 Å². The lowest BCUT2D eigenvalue weighted by molar-refractivity contribution is -0.137. The van der Waals surface area contributed by atoms with Gasteiger partial charge in [0.05, 0.1) is 0 Å². The third-order valence-corrected chi connectivity index (χ3v) is 3.53. The average Bonchev–Trinajstić information content (AvgIpc) is 2.45. The summed E-state index contributed by atoms with van der Waals surface area (Å²) in [6.45, 7) is 5.77. The molecule has 0 unspecified atom stereocenters. The van der Waals surface area contributed by atoms with Crippen LogP contribution >= 0.6 is 0 Å². The van der Waals surface area contributed by atoms with Gasteiger partial charge in [-0.1, -0.05) is 44.4 Å².